The van der Waals surface area contributed by atoms with Gasteiger partial charge in [0, 0.05) is 25.0 Å². The number of carbonyl (C=O) groups excluding carboxylic acids is 2. The fourth-order valence-electron chi connectivity index (χ4n) is 5.19. The Bertz CT molecular complexity index is 1170. The van der Waals surface area contributed by atoms with Crippen LogP contribution in [0.5, 0.6) is 0 Å². The van der Waals surface area contributed by atoms with E-state index in [2.05, 4.69) is 29.3 Å². The van der Waals surface area contributed by atoms with Crippen LogP contribution in [0.1, 0.15) is 23.5 Å². The van der Waals surface area contributed by atoms with E-state index >= 15 is 0 Å². The lowest BCUT2D eigenvalue weighted by Crippen LogP contribution is -2.45. The van der Waals surface area contributed by atoms with Gasteiger partial charge in [0.1, 0.15) is 6.61 Å². The molecule has 0 saturated carbocycles. The van der Waals surface area contributed by atoms with E-state index in [0.29, 0.717) is 19.6 Å². The van der Waals surface area contributed by atoms with Crippen LogP contribution in [-0.4, -0.2) is 66.4 Å². The maximum absolute atomic E-state index is 12.4. The predicted octanol–water partition coefficient (Wildman–Crippen LogP) is 2.23. The molecule has 0 bridgehead atoms. The summed E-state index contributed by atoms with van der Waals surface area (Å²) < 4.78 is 10.9. The first kappa shape index (κ1) is 22.0. The lowest BCUT2D eigenvalue weighted by molar-refractivity contribution is -0.161. The van der Waals surface area contributed by atoms with Crippen molar-refractivity contribution in [3.63, 3.8) is 0 Å². The molecule has 174 valence electrons. The summed E-state index contributed by atoms with van der Waals surface area (Å²) in [5.41, 5.74) is 3.23. The predicted molar refractivity (Wildman–Crippen MR) is 122 cm³/mol. The van der Waals surface area contributed by atoms with E-state index in [9.17, 15) is 19.5 Å². The minimum absolute atomic E-state index is 0.0136. The highest BCUT2D eigenvalue weighted by Crippen LogP contribution is 2.44. The molecule has 8 nitrogen and oxygen atoms in total. The van der Waals surface area contributed by atoms with E-state index in [1.807, 2.05) is 36.4 Å². The Morgan fingerprint density at radius 2 is 1.79 bits per heavy atom. The lowest BCUT2D eigenvalue weighted by atomic mass is 9.91. The van der Waals surface area contributed by atoms with Crippen LogP contribution in [0.25, 0.3) is 11.1 Å². The third kappa shape index (κ3) is 3.78. The smallest absolute Gasteiger partial charge is 0.407 e. The number of nitrogens with one attached hydrogen (secondary N) is 1. The number of nitrogens with zero attached hydrogens (tertiary/aromatic N) is 1. The first-order valence-corrected chi connectivity index (χ1v) is 11.2. The van der Waals surface area contributed by atoms with Crippen molar-refractivity contribution in [3.05, 3.63) is 59.7 Å². The summed E-state index contributed by atoms with van der Waals surface area (Å²) in [6.45, 7) is 0.813. The number of carboxylic acids is 1. The summed E-state index contributed by atoms with van der Waals surface area (Å²) in [6.07, 6.45) is -0.00937. The summed E-state index contributed by atoms with van der Waals surface area (Å²) in [4.78, 5) is 37.6. The molecule has 0 aromatic heterocycles. The second-order valence-electron chi connectivity index (χ2n) is 8.70. The number of alkyl carbamates (subject to hydrolysis) is 1. The second kappa shape index (κ2) is 8.84. The van der Waals surface area contributed by atoms with Crippen molar-refractivity contribution in [1.29, 1.82) is 0 Å². The number of amides is 2. The van der Waals surface area contributed by atoms with Crippen LogP contribution in [0.4, 0.5) is 4.79 Å². The number of hydrogen-bond donors (Lipinski definition) is 2. The number of rotatable bonds is 4. The van der Waals surface area contributed by atoms with Gasteiger partial charge in [-0.2, -0.15) is 0 Å². The summed E-state index contributed by atoms with van der Waals surface area (Å²) in [5, 5.41) is 12.1. The average Bonchev–Trinajstić information content (AvgIpc) is 3.50. The minimum Gasteiger partial charge on any atom is -0.479 e. The van der Waals surface area contributed by atoms with E-state index < -0.39 is 23.6 Å². The quantitative estimate of drug-likeness (QED) is 0.678. The number of hydrogen-bond acceptors (Lipinski definition) is 5. The van der Waals surface area contributed by atoms with E-state index in [1.165, 1.54) is 4.90 Å². The highest BCUT2D eigenvalue weighted by Gasteiger charge is 2.57. The van der Waals surface area contributed by atoms with Crippen molar-refractivity contribution in [1.82, 2.24) is 10.2 Å². The number of carbonyl (C=O) groups is 3. The molecule has 0 spiro atoms. The normalized spacial score (nSPS) is 22.2. The van der Waals surface area contributed by atoms with Gasteiger partial charge < -0.3 is 24.8 Å². The Balaban J connectivity index is 1.12. The first-order valence-electron chi connectivity index (χ1n) is 11.2. The third-order valence-electron chi connectivity index (χ3n) is 6.86. The van der Waals surface area contributed by atoms with Crippen LogP contribution in [0.15, 0.2) is 48.5 Å². The molecule has 2 N–H and O–H groups in total. The molecule has 1 aliphatic carbocycles. The zero-order chi connectivity index (χ0) is 23.7. The average molecular weight is 460 g/mol. The fraction of sp³-hybridized carbons (Fsp3) is 0.346. The molecule has 2 atom stereocenters. The highest BCUT2D eigenvalue weighted by atomic mass is 16.5. The van der Waals surface area contributed by atoms with Gasteiger partial charge in [0.25, 0.3) is 5.91 Å². The van der Waals surface area contributed by atoms with Crippen molar-refractivity contribution < 1.29 is 29.0 Å². The monoisotopic (exact) mass is 460 g/mol. The fourth-order valence-corrected chi connectivity index (χ4v) is 5.19. The standard InChI is InChI=1S/C26H24N2O6/c29-23(28-14-17-11-13-34-26(17,16-28)24(30)31)10-5-12-27-25(32)33-15-22-20-8-3-1-6-18(20)19-7-2-4-9-21(19)22/h1-4,6-9,17,22H,11-16H2,(H,27,32)(H,30,31). The molecule has 5 rings (SSSR count). The Labute approximate surface area is 196 Å². The van der Waals surface area contributed by atoms with Crippen LogP contribution < -0.4 is 5.32 Å². The molecule has 2 fully saturated rings. The summed E-state index contributed by atoms with van der Waals surface area (Å²) in [6, 6.07) is 16.2. The zero-order valence-corrected chi connectivity index (χ0v) is 18.5. The maximum Gasteiger partial charge on any atom is 0.407 e. The van der Waals surface area contributed by atoms with Crippen LogP contribution in [-0.2, 0) is 19.1 Å². The lowest BCUT2D eigenvalue weighted by Gasteiger charge is -2.22. The van der Waals surface area contributed by atoms with Gasteiger partial charge in [0.2, 0.25) is 0 Å². The van der Waals surface area contributed by atoms with E-state index in [1.54, 1.807) is 0 Å². The number of aliphatic carboxylic acids is 1. The van der Waals surface area contributed by atoms with Gasteiger partial charge >= 0.3 is 12.1 Å². The van der Waals surface area contributed by atoms with Gasteiger partial charge in [-0.15, -0.1) is 0 Å². The van der Waals surface area contributed by atoms with Crippen molar-refractivity contribution in [2.75, 3.05) is 32.8 Å². The molecule has 0 radical (unpaired) electrons. The minimum atomic E-state index is -1.32. The van der Waals surface area contributed by atoms with Gasteiger partial charge in [0.15, 0.2) is 5.60 Å². The molecule has 8 heteroatoms. The van der Waals surface area contributed by atoms with Crippen molar-refractivity contribution in [2.24, 2.45) is 5.92 Å². The molecular weight excluding hydrogens is 436 g/mol. The Morgan fingerprint density at radius 3 is 2.44 bits per heavy atom. The summed E-state index contributed by atoms with van der Waals surface area (Å²) in [7, 11) is 0. The van der Waals surface area contributed by atoms with Crippen molar-refractivity contribution >= 4 is 18.0 Å². The number of benzene rings is 2. The molecule has 2 unspecified atom stereocenters. The molecule has 2 aromatic carbocycles. The molecule has 2 amide bonds. The largest absolute Gasteiger partial charge is 0.479 e. The molecule has 2 aliphatic heterocycles. The summed E-state index contributed by atoms with van der Waals surface area (Å²) in [5.74, 6) is 3.30. The Hall–Kier alpha value is -3.83. The van der Waals surface area contributed by atoms with E-state index in [0.717, 1.165) is 22.3 Å². The maximum atomic E-state index is 12.4. The number of fused-ring (bicyclic) bond motifs is 4. The van der Waals surface area contributed by atoms with Crippen LogP contribution >= 0.6 is 0 Å². The van der Waals surface area contributed by atoms with E-state index in [4.69, 9.17) is 9.47 Å². The summed E-state index contributed by atoms with van der Waals surface area (Å²) >= 11 is 0. The second-order valence-corrected chi connectivity index (χ2v) is 8.70. The molecule has 34 heavy (non-hydrogen) atoms. The molecule has 2 heterocycles. The Kier molecular flexibility index (Phi) is 5.72. The zero-order valence-electron chi connectivity index (χ0n) is 18.5. The highest BCUT2D eigenvalue weighted by molar-refractivity contribution is 5.95. The number of ether oxygens (including phenoxy) is 2. The van der Waals surface area contributed by atoms with Gasteiger partial charge in [-0.05, 0) is 34.6 Å². The van der Waals surface area contributed by atoms with Crippen LogP contribution in [0, 0.1) is 17.8 Å². The van der Waals surface area contributed by atoms with E-state index in [-0.39, 0.29) is 31.5 Å². The van der Waals surface area contributed by atoms with Gasteiger partial charge in [0.05, 0.1) is 13.1 Å². The van der Waals surface area contributed by atoms with Gasteiger partial charge in [-0.25, -0.2) is 9.59 Å². The number of likely N-dealkylation sites (tertiary alicyclic amines) is 1. The Morgan fingerprint density at radius 1 is 1.12 bits per heavy atom. The molecular formula is C26H24N2O6. The molecule has 2 saturated heterocycles. The van der Waals surface area contributed by atoms with Crippen LogP contribution in [0.2, 0.25) is 0 Å². The van der Waals surface area contributed by atoms with Crippen LogP contribution in [0.3, 0.4) is 0 Å². The van der Waals surface area contributed by atoms with Crippen molar-refractivity contribution in [2.45, 2.75) is 17.9 Å². The first-order chi connectivity index (χ1) is 16.5. The molecule has 2 aromatic rings. The SMILES string of the molecule is O=C(NCC#CC(=O)N1CC2CCOC2(C(=O)O)C1)OCC1c2ccccc2-c2ccccc21. The van der Waals surface area contributed by atoms with Gasteiger partial charge in [-0.1, -0.05) is 54.5 Å². The number of carboxylic acid groups (broad SMARTS) is 1. The third-order valence-corrected chi connectivity index (χ3v) is 6.86. The molecule has 3 aliphatic rings. The topological polar surface area (TPSA) is 105 Å². The van der Waals surface area contributed by atoms with Gasteiger partial charge in [-0.3, -0.25) is 4.79 Å². The van der Waals surface area contributed by atoms with Crippen molar-refractivity contribution in [3.8, 4) is 23.0 Å².